The molecule has 0 spiro atoms. The van der Waals surface area contributed by atoms with Gasteiger partial charge in [-0.05, 0) is 6.42 Å². The smallest absolute Gasteiger partial charge is 0.246 e. The standard InChI is InChI=1S/C12H17N5O3/c1-6-3-7(4-18)20-11(6)17-5-14-8-9(17)15-12(13)16-10(8)19-2/h5-7,11,18H,3-4H2,1-2H3,(H2,13,15,16)/t6-,7-,11+/m0/s1. The number of hydrogen-bond donors (Lipinski definition) is 2. The summed E-state index contributed by atoms with van der Waals surface area (Å²) in [6.07, 6.45) is 2.05. The number of ether oxygens (including phenoxy) is 2. The Morgan fingerprint density at radius 3 is 3.00 bits per heavy atom. The molecule has 1 aliphatic rings. The third kappa shape index (κ3) is 1.97. The number of rotatable bonds is 3. The Labute approximate surface area is 115 Å². The summed E-state index contributed by atoms with van der Waals surface area (Å²) in [6.45, 7) is 2.07. The summed E-state index contributed by atoms with van der Waals surface area (Å²) in [7, 11) is 1.51. The number of nitrogens with zero attached hydrogens (tertiary/aromatic N) is 4. The lowest BCUT2D eigenvalue weighted by molar-refractivity contribution is -0.0294. The van der Waals surface area contributed by atoms with Gasteiger partial charge in [0, 0.05) is 5.92 Å². The number of imidazole rings is 1. The lowest BCUT2D eigenvalue weighted by Crippen LogP contribution is -2.15. The molecule has 0 bridgehead atoms. The van der Waals surface area contributed by atoms with Gasteiger partial charge in [-0.1, -0.05) is 6.92 Å². The molecule has 20 heavy (non-hydrogen) atoms. The normalized spacial score (nSPS) is 26.2. The highest BCUT2D eigenvalue weighted by atomic mass is 16.5. The van der Waals surface area contributed by atoms with Crippen LogP contribution in [0.15, 0.2) is 6.33 Å². The fourth-order valence-corrected chi connectivity index (χ4v) is 2.61. The largest absolute Gasteiger partial charge is 0.479 e. The number of nitrogens with two attached hydrogens (primary N) is 1. The van der Waals surface area contributed by atoms with Crippen LogP contribution in [-0.2, 0) is 4.74 Å². The van der Waals surface area contributed by atoms with Gasteiger partial charge in [-0.15, -0.1) is 0 Å². The first-order valence-corrected chi connectivity index (χ1v) is 6.44. The Hall–Kier alpha value is -1.93. The van der Waals surface area contributed by atoms with Crippen LogP contribution in [0.4, 0.5) is 5.95 Å². The Kier molecular flexibility index (Phi) is 3.19. The Balaban J connectivity index is 2.07. The van der Waals surface area contributed by atoms with Crippen LogP contribution in [0.3, 0.4) is 0 Å². The van der Waals surface area contributed by atoms with Gasteiger partial charge in [-0.3, -0.25) is 4.57 Å². The van der Waals surface area contributed by atoms with Gasteiger partial charge in [0.05, 0.1) is 26.1 Å². The average Bonchev–Trinajstić information content (AvgIpc) is 3.00. The predicted octanol–water partition coefficient (Wildman–Crippen LogP) is 0.333. The second-order valence-electron chi connectivity index (χ2n) is 4.96. The quantitative estimate of drug-likeness (QED) is 0.833. The van der Waals surface area contributed by atoms with E-state index in [0.29, 0.717) is 17.0 Å². The number of aliphatic hydroxyl groups is 1. The van der Waals surface area contributed by atoms with Gasteiger partial charge in [0.25, 0.3) is 0 Å². The van der Waals surface area contributed by atoms with E-state index in [2.05, 4.69) is 21.9 Å². The van der Waals surface area contributed by atoms with Crippen molar-refractivity contribution in [3.8, 4) is 5.88 Å². The fraction of sp³-hybridized carbons (Fsp3) is 0.583. The summed E-state index contributed by atoms with van der Waals surface area (Å²) in [5, 5.41) is 9.22. The monoisotopic (exact) mass is 279 g/mol. The zero-order valence-corrected chi connectivity index (χ0v) is 11.4. The van der Waals surface area contributed by atoms with Crippen molar-refractivity contribution >= 4 is 17.1 Å². The third-order valence-corrected chi connectivity index (χ3v) is 3.53. The van der Waals surface area contributed by atoms with Crippen LogP contribution < -0.4 is 10.5 Å². The number of hydrogen-bond acceptors (Lipinski definition) is 7. The topological polar surface area (TPSA) is 108 Å². The van der Waals surface area contributed by atoms with E-state index in [-0.39, 0.29) is 30.8 Å². The Morgan fingerprint density at radius 2 is 2.35 bits per heavy atom. The zero-order chi connectivity index (χ0) is 14.3. The highest BCUT2D eigenvalue weighted by Crippen LogP contribution is 2.36. The molecular formula is C12H17N5O3. The molecule has 0 aliphatic carbocycles. The van der Waals surface area contributed by atoms with Crippen LogP contribution in [0.5, 0.6) is 5.88 Å². The minimum Gasteiger partial charge on any atom is -0.479 e. The van der Waals surface area contributed by atoms with Gasteiger partial charge in [0.15, 0.2) is 11.2 Å². The van der Waals surface area contributed by atoms with Gasteiger partial charge in [0.1, 0.15) is 6.23 Å². The van der Waals surface area contributed by atoms with E-state index >= 15 is 0 Å². The van der Waals surface area contributed by atoms with Crippen molar-refractivity contribution in [2.75, 3.05) is 19.5 Å². The highest BCUT2D eigenvalue weighted by Gasteiger charge is 2.34. The van der Waals surface area contributed by atoms with Crippen LogP contribution >= 0.6 is 0 Å². The highest BCUT2D eigenvalue weighted by molar-refractivity contribution is 5.77. The van der Waals surface area contributed by atoms with Gasteiger partial charge < -0.3 is 20.3 Å². The first kappa shape index (κ1) is 13.1. The van der Waals surface area contributed by atoms with Crippen molar-refractivity contribution in [1.82, 2.24) is 19.5 Å². The van der Waals surface area contributed by atoms with E-state index in [9.17, 15) is 5.11 Å². The molecular weight excluding hydrogens is 262 g/mol. The molecule has 8 heteroatoms. The Bertz CT molecular complexity index is 629. The first-order valence-electron chi connectivity index (χ1n) is 6.44. The summed E-state index contributed by atoms with van der Waals surface area (Å²) in [4.78, 5) is 12.5. The average molecular weight is 279 g/mol. The Morgan fingerprint density at radius 1 is 1.55 bits per heavy atom. The maximum absolute atomic E-state index is 9.22. The molecule has 8 nitrogen and oxygen atoms in total. The van der Waals surface area contributed by atoms with Gasteiger partial charge in [-0.25, -0.2) is 4.98 Å². The van der Waals surface area contributed by atoms with E-state index in [0.717, 1.165) is 6.42 Å². The van der Waals surface area contributed by atoms with Crippen molar-refractivity contribution in [3.63, 3.8) is 0 Å². The van der Waals surface area contributed by atoms with E-state index in [1.165, 1.54) is 7.11 Å². The second kappa shape index (κ2) is 4.88. The van der Waals surface area contributed by atoms with E-state index in [1.54, 1.807) is 6.33 Å². The summed E-state index contributed by atoms with van der Waals surface area (Å²) in [6, 6.07) is 0. The molecule has 3 N–H and O–H groups in total. The maximum Gasteiger partial charge on any atom is 0.246 e. The molecule has 1 saturated heterocycles. The molecule has 2 aromatic heterocycles. The van der Waals surface area contributed by atoms with Crippen molar-refractivity contribution < 1.29 is 14.6 Å². The SMILES string of the molecule is COc1nc(N)nc2c1ncn2[C@@H]1O[C@H](CO)C[C@@H]1C. The van der Waals surface area contributed by atoms with Gasteiger partial charge in [0.2, 0.25) is 11.8 Å². The molecule has 0 radical (unpaired) electrons. The second-order valence-corrected chi connectivity index (χ2v) is 4.96. The number of aliphatic hydroxyl groups excluding tert-OH is 1. The van der Waals surface area contributed by atoms with Gasteiger partial charge >= 0.3 is 0 Å². The minimum absolute atomic E-state index is 0.00785. The summed E-state index contributed by atoms with van der Waals surface area (Å²) >= 11 is 0. The molecule has 3 heterocycles. The van der Waals surface area contributed by atoms with E-state index < -0.39 is 0 Å². The number of fused-ring (bicyclic) bond motifs is 1. The predicted molar refractivity (Wildman–Crippen MR) is 71.1 cm³/mol. The van der Waals surface area contributed by atoms with Gasteiger partial charge in [-0.2, -0.15) is 9.97 Å². The fourth-order valence-electron chi connectivity index (χ4n) is 2.61. The molecule has 108 valence electrons. The number of aromatic nitrogens is 4. The molecule has 1 aliphatic heterocycles. The molecule has 0 aromatic carbocycles. The number of methoxy groups -OCH3 is 1. The molecule has 0 amide bonds. The molecule has 0 unspecified atom stereocenters. The molecule has 3 atom stereocenters. The molecule has 3 rings (SSSR count). The van der Waals surface area contributed by atoms with Crippen molar-refractivity contribution in [1.29, 1.82) is 0 Å². The lowest BCUT2D eigenvalue weighted by Gasteiger charge is -2.17. The summed E-state index contributed by atoms with van der Waals surface area (Å²) in [5.41, 5.74) is 6.81. The van der Waals surface area contributed by atoms with Crippen LogP contribution in [0, 0.1) is 5.92 Å². The van der Waals surface area contributed by atoms with Crippen LogP contribution in [0.25, 0.3) is 11.2 Å². The van der Waals surface area contributed by atoms with Crippen LogP contribution in [0.2, 0.25) is 0 Å². The molecule has 0 saturated carbocycles. The minimum atomic E-state index is -0.226. The van der Waals surface area contributed by atoms with Crippen molar-refractivity contribution in [3.05, 3.63) is 6.33 Å². The van der Waals surface area contributed by atoms with Crippen LogP contribution in [-0.4, -0.2) is 44.4 Å². The van der Waals surface area contributed by atoms with Crippen molar-refractivity contribution in [2.24, 2.45) is 5.92 Å². The maximum atomic E-state index is 9.22. The summed E-state index contributed by atoms with van der Waals surface area (Å²) < 4.78 is 12.8. The van der Waals surface area contributed by atoms with Crippen LogP contribution in [0.1, 0.15) is 19.6 Å². The number of anilines is 1. The lowest BCUT2D eigenvalue weighted by atomic mass is 10.1. The zero-order valence-electron chi connectivity index (χ0n) is 11.4. The number of nitrogen functional groups attached to an aromatic ring is 1. The molecule has 1 fully saturated rings. The van der Waals surface area contributed by atoms with E-state index in [1.807, 2.05) is 4.57 Å². The summed E-state index contributed by atoms with van der Waals surface area (Å²) in [5.74, 6) is 0.711. The first-order chi connectivity index (χ1) is 9.63. The van der Waals surface area contributed by atoms with E-state index in [4.69, 9.17) is 15.2 Å². The van der Waals surface area contributed by atoms with Crippen molar-refractivity contribution in [2.45, 2.75) is 25.7 Å². The molecule has 2 aromatic rings. The third-order valence-electron chi connectivity index (χ3n) is 3.53.